The minimum Gasteiger partial charge on any atom is -0.490 e. The third-order valence-electron chi connectivity index (χ3n) is 2.47. The molecule has 120 valence electrons. The molecule has 1 rings (SSSR count). The topological polar surface area (TPSA) is 44.5 Å². The van der Waals surface area contributed by atoms with Crippen LogP contribution >= 0.6 is 11.8 Å². The van der Waals surface area contributed by atoms with Crippen LogP contribution in [0.4, 0.5) is 13.2 Å². The zero-order chi connectivity index (χ0) is 15.9. The van der Waals surface area contributed by atoms with Gasteiger partial charge in [-0.2, -0.15) is 13.2 Å². The number of rotatable bonds is 8. The summed E-state index contributed by atoms with van der Waals surface area (Å²) in [5, 5.41) is 0. The van der Waals surface area contributed by atoms with E-state index >= 15 is 0 Å². The Labute approximate surface area is 127 Å². The predicted molar refractivity (Wildman–Crippen MR) is 79.0 cm³/mol. The van der Waals surface area contributed by atoms with Crippen LogP contribution in [-0.2, 0) is 6.42 Å². The van der Waals surface area contributed by atoms with Crippen LogP contribution in [-0.4, -0.2) is 30.5 Å². The van der Waals surface area contributed by atoms with Crippen molar-refractivity contribution < 1.29 is 22.6 Å². The number of hydrogen-bond acceptors (Lipinski definition) is 4. The molecule has 0 bridgehead atoms. The highest BCUT2D eigenvalue weighted by molar-refractivity contribution is 8.00. The molecule has 1 aromatic rings. The molecule has 0 heterocycles. The molecule has 0 fully saturated rings. The first-order valence-corrected chi connectivity index (χ1v) is 7.65. The second-order valence-electron chi connectivity index (χ2n) is 4.54. The summed E-state index contributed by atoms with van der Waals surface area (Å²) < 4.78 is 46.9. The summed E-state index contributed by atoms with van der Waals surface area (Å²) in [5.74, 6) is 0.831. The van der Waals surface area contributed by atoms with Crippen molar-refractivity contribution in [3.05, 3.63) is 23.8 Å². The Kier molecular flexibility index (Phi) is 7.17. The highest BCUT2D eigenvalue weighted by Gasteiger charge is 2.27. The lowest BCUT2D eigenvalue weighted by Crippen LogP contribution is -2.17. The van der Waals surface area contributed by atoms with Crippen molar-refractivity contribution in [2.45, 2.75) is 31.8 Å². The maximum atomic E-state index is 12.0. The second-order valence-corrected chi connectivity index (χ2v) is 5.70. The molecule has 0 aliphatic heterocycles. The van der Waals surface area contributed by atoms with Gasteiger partial charge in [-0.1, -0.05) is 6.07 Å². The molecular weight excluding hydrogens is 303 g/mol. The van der Waals surface area contributed by atoms with E-state index in [9.17, 15) is 13.2 Å². The molecule has 2 N–H and O–H groups in total. The third kappa shape index (κ3) is 7.47. The standard InChI is InChI=1S/C14H20F3NO2S/c1-3-19-13-9-11(8-10(2)18)4-5-12(13)20-6-7-21-14(15,16)17/h4-5,9-10H,3,6-8,18H2,1-2H3. The fraction of sp³-hybridized carbons (Fsp3) is 0.571. The van der Waals surface area contributed by atoms with E-state index in [4.69, 9.17) is 15.2 Å². The number of benzene rings is 1. The van der Waals surface area contributed by atoms with Crippen LogP contribution in [0.5, 0.6) is 11.5 Å². The first-order chi connectivity index (χ1) is 9.81. The Morgan fingerprint density at radius 2 is 1.95 bits per heavy atom. The summed E-state index contributed by atoms with van der Waals surface area (Å²) >= 11 is -0.0987. The van der Waals surface area contributed by atoms with Crippen LogP contribution < -0.4 is 15.2 Å². The van der Waals surface area contributed by atoms with Gasteiger partial charge in [0.05, 0.1) is 13.2 Å². The van der Waals surface area contributed by atoms with Gasteiger partial charge in [-0.3, -0.25) is 0 Å². The smallest absolute Gasteiger partial charge is 0.441 e. The summed E-state index contributed by atoms with van der Waals surface area (Å²) in [6.07, 6.45) is 0.699. The van der Waals surface area contributed by atoms with Gasteiger partial charge in [0.2, 0.25) is 0 Å². The van der Waals surface area contributed by atoms with E-state index in [1.54, 1.807) is 6.07 Å². The van der Waals surface area contributed by atoms with Gasteiger partial charge in [-0.25, -0.2) is 0 Å². The lowest BCUT2D eigenvalue weighted by atomic mass is 10.1. The van der Waals surface area contributed by atoms with Gasteiger partial charge in [0.15, 0.2) is 11.5 Å². The average Bonchev–Trinajstić information content (AvgIpc) is 2.35. The highest BCUT2D eigenvalue weighted by Crippen LogP contribution is 2.31. The van der Waals surface area contributed by atoms with Gasteiger partial charge >= 0.3 is 5.51 Å². The molecule has 21 heavy (non-hydrogen) atoms. The van der Waals surface area contributed by atoms with Crippen LogP contribution in [0.3, 0.4) is 0 Å². The van der Waals surface area contributed by atoms with Crippen molar-refractivity contribution in [3.8, 4) is 11.5 Å². The summed E-state index contributed by atoms with van der Waals surface area (Å²) in [4.78, 5) is 0. The average molecular weight is 323 g/mol. The number of nitrogens with two attached hydrogens (primary N) is 1. The Morgan fingerprint density at radius 1 is 1.24 bits per heavy atom. The maximum absolute atomic E-state index is 12.0. The number of ether oxygens (including phenoxy) is 2. The molecule has 0 saturated heterocycles. The molecular formula is C14H20F3NO2S. The van der Waals surface area contributed by atoms with Crippen LogP contribution in [0.1, 0.15) is 19.4 Å². The van der Waals surface area contributed by atoms with Crippen molar-refractivity contribution in [2.24, 2.45) is 5.73 Å². The molecule has 0 spiro atoms. The molecule has 0 aliphatic rings. The molecule has 1 atom stereocenters. The molecule has 1 unspecified atom stereocenters. The fourth-order valence-electron chi connectivity index (χ4n) is 1.75. The van der Waals surface area contributed by atoms with E-state index in [1.165, 1.54) is 0 Å². The van der Waals surface area contributed by atoms with E-state index in [1.807, 2.05) is 26.0 Å². The van der Waals surface area contributed by atoms with Crippen molar-refractivity contribution in [2.75, 3.05) is 19.0 Å². The first-order valence-electron chi connectivity index (χ1n) is 6.66. The van der Waals surface area contributed by atoms with Crippen LogP contribution in [0.25, 0.3) is 0 Å². The van der Waals surface area contributed by atoms with E-state index in [-0.39, 0.29) is 30.2 Å². The molecule has 0 saturated carbocycles. The Hall–Kier alpha value is -1.08. The molecule has 0 aliphatic carbocycles. The van der Waals surface area contributed by atoms with E-state index in [2.05, 4.69) is 0 Å². The van der Waals surface area contributed by atoms with Crippen molar-refractivity contribution in [1.82, 2.24) is 0 Å². The maximum Gasteiger partial charge on any atom is 0.441 e. The van der Waals surface area contributed by atoms with Gasteiger partial charge in [-0.15, -0.1) is 0 Å². The minimum absolute atomic E-state index is 0.0226. The number of hydrogen-bond donors (Lipinski definition) is 1. The lowest BCUT2D eigenvalue weighted by Gasteiger charge is -2.14. The van der Waals surface area contributed by atoms with Gasteiger partial charge in [0.25, 0.3) is 0 Å². The van der Waals surface area contributed by atoms with Gasteiger partial charge in [0.1, 0.15) is 0 Å². The second kappa shape index (κ2) is 8.38. The molecule has 0 amide bonds. The van der Waals surface area contributed by atoms with Crippen molar-refractivity contribution >= 4 is 11.8 Å². The monoisotopic (exact) mass is 323 g/mol. The van der Waals surface area contributed by atoms with E-state index < -0.39 is 5.51 Å². The van der Waals surface area contributed by atoms with Gasteiger partial charge < -0.3 is 15.2 Å². The van der Waals surface area contributed by atoms with Crippen LogP contribution in [0.2, 0.25) is 0 Å². The van der Waals surface area contributed by atoms with E-state index in [0.29, 0.717) is 24.5 Å². The molecule has 7 heteroatoms. The zero-order valence-electron chi connectivity index (χ0n) is 12.1. The normalized spacial score (nSPS) is 13.0. The number of halogens is 3. The summed E-state index contributed by atoms with van der Waals surface area (Å²) in [5.41, 5.74) is 2.52. The Bertz CT molecular complexity index is 439. The zero-order valence-corrected chi connectivity index (χ0v) is 12.9. The molecule has 3 nitrogen and oxygen atoms in total. The molecule has 0 radical (unpaired) electrons. The summed E-state index contributed by atoms with van der Waals surface area (Å²) in [7, 11) is 0. The SMILES string of the molecule is CCOc1cc(CC(C)N)ccc1OCCSC(F)(F)F. The largest absolute Gasteiger partial charge is 0.490 e. The van der Waals surface area contributed by atoms with Crippen molar-refractivity contribution in [3.63, 3.8) is 0 Å². The van der Waals surface area contributed by atoms with Gasteiger partial charge in [0, 0.05) is 11.8 Å². The minimum atomic E-state index is -4.23. The number of alkyl halides is 3. The third-order valence-corrected chi connectivity index (χ3v) is 3.17. The first kappa shape index (κ1) is 18.0. The Balaban J connectivity index is 2.63. The molecule has 0 aromatic heterocycles. The number of thioether (sulfide) groups is 1. The summed E-state index contributed by atoms with van der Waals surface area (Å²) in [6.45, 7) is 4.16. The van der Waals surface area contributed by atoms with Crippen LogP contribution in [0, 0.1) is 0 Å². The van der Waals surface area contributed by atoms with Crippen LogP contribution in [0.15, 0.2) is 18.2 Å². The summed E-state index contributed by atoms with van der Waals surface area (Å²) in [6, 6.07) is 5.40. The highest BCUT2D eigenvalue weighted by atomic mass is 32.2. The predicted octanol–water partition coefficient (Wildman–Crippen LogP) is 3.61. The van der Waals surface area contributed by atoms with Gasteiger partial charge in [-0.05, 0) is 49.7 Å². The quantitative estimate of drug-likeness (QED) is 0.742. The van der Waals surface area contributed by atoms with Crippen molar-refractivity contribution in [1.29, 1.82) is 0 Å². The fourth-order valence-corrected chi connectivity index (χ4v) is 2.15. The lowest BCUT2D eigenvalue weighted by molar-refractivity contribution is -0.0329. The van der Waals surface area contributed by atoms with E-state index in [0.717, 1.165) is 5.56 Å². The Morgan fingerprint density at radius 3 is 2.52 bits per heavy atom. The molecule has 1 aromatic carbocycles.